The molecule has 1 unspecified atom stereocenters. The second-order valence-electron chi connectivity index (χ2n) is 4.89. The molecule has 0 aliphatic carbocycles. The molecule has 1 atom stereocenters. The number of amides is 1. The van der Waals surface area contributed by atoms with Gasteiger partial charge in [0.05, 0.1) is 6.54 Å². The summed E-state index contributed by atoms with van der Waals surface area (Å²) in [6.07, 6.45) is -0.874. The lowest BCUT2D eigenvalue weighted by Crippen LogP contribution is -2.37. The van der Waals surface area contributed by atoms with Crippen LogP contribution in [0.15, 0.2) is 54.6 Å². The monoisotopic (exact) mass is 332 g/mol. The third kappa shape index (κ3) is 2.70. The molecule has 0 bridgehead atoms. The van der Waals surface area contributed by atoms with Gasteiger partial charge >= 0.3 is 0 Å². The van der Waals surface area contributed by atoms with E-state index in [0.29, 0.717) is 16.3 Å². The minimum Gasteiger partial charge on any atom is -0.371 e. The first-order valence-corrected chi connectivity index (χ1v) is 7.50. The summed E-state index contributed by atoms with van der Waals surface area (Å²) in [5, 5.41) is 11.1. The average Bonchev–Trinajstić information content (AvgIpc) is 2.83. The van der Waals surface area contributed by atoms with Gasteiger partial charge in [0.2, 0.25) is 0 Å². The number of thiocarbonyl (C=S) groups is 1. The van der Waals surface area contributed by atoms with Crippen LogP contribution in [0.3, 0.4) is 0 Å². The summed E-state index contributed by atoms with van der Waals surface area (Å²) in [7, 11) is 0. The number of benzene rings is 2. The molecule has 6 heteroatoms. The second kappa shape index (κ2) is 6.04. The van der Waals surface area contributed by atoms with Gasteiger partial charge in [-0.25, -0.2) is 0 Å². The lowest BCUT2D eigenvalue weighted by atomic mass is 10.2. The first kappa shape index (κ1) is 15.0. The molecule has 0 aromatic heterocycles. The SMILES string of the molecule is O=C(c1ccccc1)N1CC(O)N(c2ccc(Cl)cc2)C1=S. The Morgan fingerprint density at radius 1 is 1.14 bits per heavy atom. The predicted molar refractivity (Wildman–Crippen MR) is 90.0 cm³/mol. The third-order valence-electron chi connectivity index (χ3n) is 3.45. The summed E-state index contributed by atoms with van der Waals surface area (Å²) in [6.45, 7) is 0.134. The number of halogens is 1. The number of aliphatic hydroxyl groups is 1. The number of β-amino-alcohol motifs (C(OH)–C–C–N with tert-alkyl or cyclic N) is 1. The number of hydrogen-bond donors (Lipinski definition) is 1. The minimum atomic E-state index is -0.874. The topological polar surface area (TPSA) is 43.8 Å². The van der Waals surface area contributed by atoms with E-state index in [4.69, 9.17) is 23.8 Å². The van der Waals surface area contributed by atoms with Gasteiger partial charge in [-0.1, -0.05) is 29.8 Å². The third-order valence-corrected chi connectivity index (χ3v) is 4.12. The van der Waals surface area contributed by atoms with Gasteiger partial charge in [0.25, 0.3) is 5.91 Å². The Balaban J connectivity index is 1.87. The normalized spacial score (nSPS) is 17.9. The molecule has 4 nitrogen and oxygen atoms in total. The Kier molecular flexibility index (Phi) is 4.11. The Morgan fingerprint density at radius 3 is 2.41 bits per heavy atom. The maximum absolute atomic E-state index is 12.5. The average molecular weight is 333 g/mol. The van der Waals surface area contributed by atoms with Crippen LogP contribution >= 0.6 is 23.8 Å². The van der Waals surface area contributed by atoms with E-state index in [1.165, 1.54) is 4.90 Å². The summed E-state index contributed by atoms with van der Waals surface area (Å²) >= 11 is 11.2. The van der Waals surface area contributed by atoms with Crippen LogP contribution in [0.2, 0.25) is 5.02 Å². The van der Waals surface area contributed by atoms with Crippen molar-refractivity contribution in [2.75, 3.05) is 11.4 Å². The van der Waals surface area contributed by atoms with Gasteiger partial charge in [-0.3, -0.25) is 14.6 Å². The molecule has 0 radical (unpaired) electrons. The number of nitrogens with zero attached hydrogens (tertiary/aromatic N) is 2. The summed E-state index contributed by atoms with van der Waals surface area (Å²) in [5.41, 5.74) is 1.24. The molecular weight excluding hydrogens is 320 g/mol. The van der Waals surface area contributed by atoms with Crippen LogP contribution in [0.25, 0.3) is 0 Å². The maximum atomic E-state index is 12.5. The Bertz CT molecular complexity index is 706. The minimum absolute atomic E-state index is 0.134. The standard InChI is InChI=1S/C16H13ClN2O2S/c17-12-6-8-13(9-7-12)19-14(20)10-18(16(19)22)15(21)11-4-2-1-3-5-11/h1-9,14,20H,10H2. The highest BCUT2D eigenvalue weighted by Gasteiger charge is 2.37. The van der Waals surface area contributed by atoms with Crippen LogP contribution < -0.4 is 4.90 Å². The van der Waals surface area contributed by atoms with Gasteiger partial charge < -0.3 is 5.11 Å². The number of carbonyl (C=O) groups is 1. The number of hydrogen-bond acceptors (Lipinski definition) is 3. The number of rotatable bonds is 2. The van der Waals surface area contributed by atoms with Crippen molar-refractivity contribution in [3.63, 3.8) is 0 Å². The highest BCUT2D eigenvalue weighted by atomic mass is 35.5. The molecule has 22 heavy (non-hydrogen) atoms. The Morgan fingerprint density at radius 2 is 1.77 bits per heavy atom. The fourth-order valence-corrected chi connectivity index (χ4v) is 2.88. The molecule has 2 aromatic carbocycles. The first-order valence-electron chi connectivity index (χ1n) is 6.71. The van der Waals surface area contributed by atoms with Crippen LogP contribution in [-0.4, -0.2) is 33.8 Å². The van der Waals surface area contributed by atoms with E-state index in [1.807, 2.05) is 6.07 Å². The maximum Gasteiger partial charge on any atom is 0.260 e. The van der Waals surface area contributed by atoms with Crippen molar-refractivity contribution in [2.24, 2.45) is 0 Å². The van der Waals surface area contributed by atoms with Crippen LogP contribution in [-0.2, 0) is 0 Å². The van der Waals surface area contributed by atoms with Crippen molar-refractivity contribution in [2.45, 2.75) is 6.23 Å². The molecular formula is C16H13ClN2O2S. The Hall–Kier alpha value is -1.95. The van der Waals surface area contributed by atoms with Crippen molar-refractivity contribution >= 4 is 40.5 Å². The van der Waals surface area contributed by atoms with Gasteiger partial charge in [0, 0.05) is 16.3 Å². The molecule has 1 aliphatic rings. The molecule has 1 fully saturated rings. The lowest BCUT2D eigenvalue weighted by molar-refractivity contribution is 0.0821. The number of anilines is 1. The van der Waals surface area contributed by atoms with E-state index >= 15 is 0 Å². The number of aliphatic hydroxyl groups excluding tert-OH is 1. The molecule has 2 aromatic rings. The summed E-state index contributed by atoms with van der Waals surface area (Å²) < 4.78 is 0. The van der Waals surface area contributed by atoms with Crippen LogP contribution in [0.5, 0.6) is 0 Å². The zero-order chi connectivity index (χ0) is 15.7. The van der Waals surface area contributed by atoms with Crippen molar-refractivity contribution in [3.05, 3.63) is 65.2 Å². The molecule has 1 saturated heterocycles. The second-order valence-corrected chi connectivity index (χ2v) is 5.69. The molecule has 0 saturated carbocycles. The van der Waals surface area contributed by atoms with E-state index in [9.17, 15) is 9.90 Å². The van der Waals surface area contributed by atoms with Crippen molar-refractivity contribution in [1.29, 1.82) is 0 Å². The zero-order valence-corrected chi connectivity index (χ0v) is 13.1. The molecule has 0 spiro atoms. The molecule has 112 valence electrons. The van der Waals surface area contributed by atoms with E-state index in [2.05, 4.69) is 0 Å². The van der Waals surface area contributed by atoms with E-state index < -0.39 is 6.23 Å². The lowest BCUT2D eigenvalue weighted by Gasteiger charge is -2.22. The summed E-state index contributed by atoms with van der Waals surface area (Å²) in [5.74, 6) is -0.221. The molecule has 1 N–H and O–H groups in total. The van der Waals surface area contributed by atoms with Gasteiger partial charge in [0.15, 0.2) is 11.3 Å². The van der Waals surface area contributed by atoms with Crippen LogP contribution in [0.4, 0.5) is 5.69 Å². The van der Waals surface area contributed by atoms with Gasteiger partial charge in [-0.15, -0.1) is 0 Å². The summed E-state index contributed by atoms with van der Waals surface area (Å²) in [4.78, 5) is 15.5. The molecule has 1 aliphatic heterocycles. The predicted octanol–water partition coefficient (Wildman–Crippen LogP) is 2.91. The van der Waals surface area contributed by atoms with Gasteiger partial charge in [-0.05, 0) is 48.6 Å². The highest BCUT2D eigenvalue weighted by Crippen LogP contribution is 2.26. The van der Waals surface area contributed by atoms with Crippen molar-refractivity contribution < 1.29 is 9.90 Å². The zero-order valence-electron chi connectivity index (χ0n) is 11.5. The number of carbonyl (C=O) groups excluding carboxylic acids is 1. The van der Waals surface area contributed by atoms with Crippen LogP contribution in [0.1, 0.15) is 10.4 Å². The summed E-state index contributed by atoms with van der Waals surface area (Å²) in [6, 6.07) is 15.8. The van der Waals surface area contributed by atoms with Gasteiger partial charge in [-0.2, -0.15) is 0 Å². The molecule has 1 amide bonds. The van der Waals surface area contributed by atoms with E-state index in [1.54, 1.807) is 53.4 Å². The van der Waals surface area contributed by atoms with Gasteiger partial charge in [0.1, 0.15) is 0 Å². The fourth-order valence-electron chi connectivity index (χ4n) is 2.37. The van der Waals surface area contributed by atoms with E-state index in [-0.39, 0.29) is 17.6 Å². The smallest absolute Gasteiger partial charge is 0.260 e. The molecule has 3 rings (SSSR count). The van der Waals surface area contributed by atoms with Crippen molar-refractivity contribution in [3.8, 4) is 0 Å². The fraction of sp³-hybridized carbons (Fsp3) is 0.125. The largest absolute Gasteiger partial charge is 0.371 e. The molecule has 1 heterocycles. The van der Waals surface area contributed by atoms with Crippen molar-refractivity contribution in [1.82, 2.24) is 4.90 Å². The van der Waals surface area contributed by atoms with E-state index in [0.717, 1.165) is 0 Å². The first-order chi connectivity index (χ1) is 10.6. The quantitative estimate of drug-likeness (QED) is 0.859. The highest BCUT2D eigenvalue weighted by molar-refractivity contribution is 7.80. The Labute approximate surface area is 138 Å². The van der Waals surface area contributed by atoms with Crippen LogP contribution in [0, 0.1) is 0 Å².